The summed E-state index contributed by atoms with van der Waals surface area (Å²) in [5, 5.41) is 0. The number of carbonyl (C=O) groups excluding carboxylic acids is 2. The Morgan fingerprint density at radius 1 is 1.02 bits per heavy atom. The molecule has 0 bridgehead atoms. The Morgan fingerprint density at radius 2 is 1.76 bits per heavy atom. The monoisotopic (exact) mass is 627 g/mol. The minimum Gasteiger partial charge on any atom is -0.465 e. The maximum Gasteiger partial charge on any atom is 0.416 e. The van der Waals surface area contributed by atoms with Crippen LogP contribution in [0.4, 0.5) is 26.7 Å². The van der Waals surface area contributed by atoms with Gasteiger partial charge in [0, 0.05) is 17.7 Å². The number of benzene rings is 3. The van der Waals surface area contributed by atoms with E-state index < -0.39 is 47.6 Å². The van der Waals surface area contributed by atoms with Crippen LogP contribution in [0.15, 0.2) is 60.2 Å². The van der Waals surface area contributed by atoms with E-state index in [-0.39, 0.29) is 34.2 Å². The largest absolute Gasteiger partial charge is 0.465 e. The van der Waals surface area contributed by atoms with Crippen LogP contribution in [-0.4, -0.2) is 36.7 Å². The molecule has 0 N–H and O–H groups in total. The molecule has 45 heavy (non-hydrogen) atoms. The number of esters is 1. The molecular formula is C35H34F5NO4. The number of ether oxygens (including phenoxy) is 2. The molecule has 0 radical (unpaired) electrons. The fraction of sp³-hybridized carbons (Fsp3) is 0.371. The van der Waals surface area contributed by atoms with Crippen LogP contribution < -0.4 is 0 Å². The molecule has 5 rings (SSSR count). The molecule has 1 aliphatic carbocycles. The lowest BCUT2D eigenvalue weighted by molar-refractivity contribution is -0.137. The fourth-order valence-electron chi connectivity index (χ4n) is 6.31. The van der Waals surface area contributed by atoms with Crippen LogP contribution in [0.2, 0.25) is 0 Å². The first-order valence-electron chi connectivity index (χ1n) is 14.6. The first kappa shape index (κ1) is 32.2. The van der Waals surface area contributed by atoms with Gasteiger partial charge in [0.05, 0.1) is 24.3 Å². The second-order valence-corrected chi connectivity index (χ2v) is 12.6. The lowest BCUT2D eigenvalue weighted by Gasteiger charge is -2.35. The van der Waals surface area contributed by atoms with Crippen molar-refractivity contribution in [1.82, 2.24) is 4.90 Å². The minimum atomic E-state index is -4.55. The van der Waals surface area contributed by atoms with Crippen LogP contribution in [0, 0.1) is 24.0 Å². The van der Waals surface area contributed by atoms with E-state index >= 15 is 8.78 Å². The smallest absolute Gasteiger partial charge is 0.416 e. The van der Waals surface area contributed by atoms with Gasteiger partial charge in [-0.25, -0.2) is 18.4 Å². The summed E-state index contributed by atoms with van der Waals surface area (Å²) >= 11 is 0. The van der Waals surface area contributed by atoms with Crippen LogP contribution in [0.3, 0.4) is 0 Å². The van der Waals surface area contributed by atoms with Gasteiger partial charge >= 0.3 is 18.2 Å². The van der Waals surface area contributed by atoms with Gasteiger partial charge in [0.2, 0.25) is 0 Å². The zero-order chi connectivity index (χ0) is 32.8. The number of nitrogens with zero attached hydrogens (tertiary/aromatic N) is 1. The number of cyclic esters (lactones) is 1. The van der Waals surface area contributed by atoms with Crippen molar-refractivity contribution in [1.29, 1.82) is 0 Å². The molecule has 1 fully saturated rings. The van der Waals surface area contributed by atoms with Crippen molar-refractivity contribution >= 4 is 17.6 Å². The molecule has 1 heterocycles. The number of methoxy groups -OCH3 is 1. The molecule has 10 heteroatoms. The van der Waals surface area contributed by atoms with Gasteiger partial charge in [0.25, 0.3) is 0 Å². The number of aryl methyl sites for hydroxylation is 1. The summed E-state index contributed by atoms with van der Waals surface area (Å²) in [7, 11) is 1.20. The first-order chi connectivity index (χ1) is 21.1. The summed E-state index contributed by atoms with van der Waals surface area (Å²) in [4.78, 5) is 26.5. The molecule has 5 nitrogen and oxygen atoms in total. The van der Waals surface area contributed by atoms with E-state index in [1.165, 1.54) is 36.3 Å². The molecule has 0 saturated carbocycles. The van der Waals surface area contributed by atoms with Crippen LogP contribution >= 0.6 is 0 Å². The number of alkyl halides is 3. The maximum atomic E-state index is 15.5. The zero-order valence-corrected chi connectivity index (χ0v) is 25.6. The van der Waals surface area contributed by atoms with Crippen molar-refractivity contribution < 1.29 is 41.0 Å². The molecule has 1 saturated heterocycles. The van der Waals surface area contributed by atoms with Crippen molar-refractivity contribution in [3.05, 3.63) is 99.6 Å². The Bertz CT molecular complexity index is 1690. The molecule has 2 aliphatic rings. The summed E-state index contributed by atoms with van der Waals surface area (Å²) in [6.07, 6.45) is -4.36. The van der Waals surface area contributed by atoms with Crippen molar-refractivity contribution in [2.24, 2.45) is 5.41 Å². The minimum absolute atomic E-state index is 0.0470. The van der Waals surface area contributed by atoms with Crippen LogP contribution in [0.1, 0.15) is 78.7 Å². The highest BCUT2D eigenvalue weighted by atomic mass is 19.4. The van der Waals surface area contributed by atoms with Gasteiger partial charge in [-0.05, 0) is 97.2 Å². The average Bonchev–Trinajstić information content (AvgIpc) is 3.24. The predicted octanol–water partition coefficient (Wildman–Crippen LogP) is 9.29. The summed E-state index contributed by atoms with van der Waals surface area (Å²) < 4.78 is 81.5. The fourth-order valence-corrected chi connectivity index (χ4v) is 6.31. The first-order valence-corrected chi connectivity index (χ1v) is 14.6. The third-order valence-electron chi connectivity index (χ3n) is 8.67. The Hall–Kier alpha value is -4.21. The Balaban J connectivity index is 1.51. The summed E-state index contributed by atoms with van der Waals surface area (Å²) in [6, 6.07) is 11.3. The van der Waals surface area contributed by atoms with Gasteiger partial charge in [-0.3, -0.25) is 4.90 Å². The standard InChI is InChI=1S/C35H34F5NO4/c1-19-12-23(14-25(13-19)35(38,39)40)31-20(2)41(33(43)45-31)18-24-17-34(3,4)11-10-26(24)28-15-21(7-9-29(28)36)27-8-6-22(16-30(27)37)32(42)44-5/h6-9,12-16,20,31H,10-11,17-18H2,1-5H3/t20-,31-/m0/s1. The molecule has 0 unspecified atom stereocenters. The Morgan fingerprint density at radius 3 is 2.42 bits per heavy atom. The van der Waals surface area contributed by atoms with Crippen molar-refractivity contribution in [2.75, 3.05) is 13.7 Å². The van der Waals surface area contributed by atoms with E-state index in [1.807, 2.05) is 0 Å². The number of hydrogen-bond acceptors (Lipinski definition) is 4. The quantitative estimate of drug-likeness (QED) is 0.202. The number of carbonyl (C=O) groups is 2. The third-order valence-corrected chi connectivity index (χ3v) is 8.67. The van der Waals surface area contributed by atoms with Crippen molar-refractivity contribution in [2.45, 2.75) is 65.3 Å². The number of rotatable bonds is 6. The highest BCUT2D eigenvalue weighted by molar-refractivity contribution is 5.90. The van der Waals surface area contributed by atoms with E-state index in [9.17, 15) is 22.8 Å². The number of amides is 1. The summed E-state index contributed by atoms with van der Waals surface area (Å²) in [6.45, 7) is 7.53. The number of allylic oxidation sites excluding steroid dienone is 1. The van der Waals surface area contributed by atoms with Gasteiger partial charge in [-0.15, -0.1) is 0 Å². The van der Waals surface area contributed by atoms with Gasteiger partial charge in [-0.1, -0.05) is 37.6 Å². The number of halogens is 5. The van der Waals surface area contributed by atoms with Crippen molar-refractivity contribution in [3.63, 3.8) is 0 Å². The molecule has 2 atom stereocenters. The topological polar surface area (TPSA) is 55.8 Å². The summed E-state index contributed by atoms with van der Waals surface area (Å²) in [5.74, 6) is -1.86. The molecular weight excluding hydrogens is 593 g/mol. The molecule has 1 aliphatic heterocycles. The van der Waals surface area contributed by atoms with Crippen molar-refractivity contribution in [3.8, 4) is 11.1 Å². The van der Waals surface area contributed by atoms with Gasteiger partial charge in [0.1, 0.15) is 17.7 Å². The molecule has 0 spiro atoms. The maximum absolute atomic E-state index is 15.5. The average molecular weight is 628 g/mol. The highest BCUT2D eigenvalue weighted by Crippen LogP contribution is 2.45. The predicted molar refractivity (Wildman–Crippen MR) is 159 cm³/mol. The van der Waals surface area contributed by atoms with E-state index in [2.05, 4.69) is 18.6 Å². The van der Waals surface area contributed by atoms with Gasteiger partial charge in [-0.2, -0.15) is 13.2 Å². The summed E-state index contributed by atoms with van der Waals surface area (Å²) in [5.41, 5.74) is 2.08. The van der Waals surface area contributed by atoms with Crippen LogP contribution in [0.25, 0.3) is 16.7 Å². The SMILES string of the molecule is COC(=O)c1ccc(-c2ccc(F)c(C3=C(CN4C(=O)O[C@H](c5cc(C)cc(C(F)(F)F)c5)[C@@H]4C)CC(C)(C)CC3)c2)c(F)c1. The van der Waals surface area contributed by atoms with E-state index in [1.54, 1.807) is 26.0 Å². The van der Waals surface area contributed by atoms with E-state index in [0.29, 0.717) is 29.5 Å². The molecule has 0 aromatic heterocycles. The normalized spacial score (nSPS) is 20.0. The zero-order valence-electron chi connectivity index (χ0n) is 25.6. The van der Waals surface area contributed by atoms with Gasteiger partial charge < -0.3 is 9.47 Å². The van der Waals surface area contributed by atoms with Crippen LogP contribution in [0.5, 0.6) is 0 Å². The molecule has 238 valence electrons. The second kappa shape index (κ2) is 11.9. The van der Waals surface area contributed by atoms with E-state index in [4.69, 9.17) is 4.74 Å². The lowest BCUT2D eigenvalue weighted by Crippen LogP contribution is -2.35. The number of hydrogen-bond donors (Lipinski definition) is 0. The Labute approximate surface area is 258 Å². The second-order valence-electron chi connectivity index (χ2n) is 12.6. The molecule has 3 aromatic rings. The lowest BCUT2D eigenvalue weighted by atomic mass is 9.72. The van der Waals surface area contributed by atoms with E-state index in [0.717, 1.165) is 30.2 Å². The third kappa shape index (κ3) is 6.60. The van der Waals surface area contributed by atoms with Crippen LogP contribution in [-0.2, 0) is 15.7 Å². The Kier molecular flexibility index (Phi) is 8.55. The molecule has 3 aromatic carbocycles. The molecule has 1 amide bonds. The van der Waals surface area contributed by atoms with Gasteiger partial charge in [0.15, 0.2) is 0 Å². The highest BCUT2D eigenvalue weighted by Gasteiger charge is 2.42.